The van der Waals surface area contributed by atoms with Crippen LogP contribution in [-0.2, 0) is 16.1 Å². The molecule has 0 bridgehead atoms. The number of anilines is 2. The highest BCUT2D eigenvalue weighted by molar-refractivity contribution is 6.41. The molecule has 0 saturated carbocycles. The lowest BCUT2D eigenvalue weighted by molar-refractivity contribution is -0.120. The van der Waals surface area contributed by atoms with Gasteiger partial charge in [-0.3, -0.25) is 14.4 Å². The van der Waals surface area contributed by atoms with Gasteiger partial charge in [-0.2, -0.15) is 5.10 Å². The number of hydrogen-bond donors (Lipinski definition) is 1. The number of halogens is 2. The number of carbonyl (C=O) groups is 2. The first kappa shape index (κ1) is 17.4. The molecule has 2 amide bonds. The van der Waals surface area contributed by atoms with Crippen LogP contribution in [0.15, 0.2) is 35.3 Å². The molecule has 0 fully saturated rings. The van der Waals surface area contributed by atoms with Gasteiger partial charge in [0.15, 0.2) is 0 Å². The molecule has 0 aliphatic carbocycles. The number of rotatable bonds is 2. The van der Waals surface area contributed by atoms with Crippen LogP contribution in [0.3, 0.4) is 0 Å². The predicted octanol–water partition coefficient (Wildman–Crippen LogP) is 2.31. The third-order valence-electron chi connectivity index (χ3n) is 3.86. The molecule has 3 rings (SSSR count). The Morgan fingerprint density at radius 1 is 1.32 bits per heavy atom. The van der Waals surface area contributed by atoms with Gasteiger partial charge in [-0.1, -0.05) is 35.3 Å². The van der Waals surface area contributed by atoms with Crippen molar-refractivity contribution in [1.29, 1.82) is 0 Å². The van der Waals surface area contributed by atoms with Crippen molar-refractivity contribution in [3.63, 3.8) is 0 Å². The highest BCUT2D eigenvalue weighted by atomic mass is 35.5. The molecule has 1 aromatic heterocycles. The molecule has 0 spiro atoms. The fourth-order valence-electron chi connectivity index (χ4n) is 2.73. The maximum absolute atomic E-state index is 12.9. The first-order valence-corrected chi connectivity index (χ1v) is 8.26. The summed E-state index contributed by atoms with van der Waals surface area (Å²) >= 11 is 11.6. The first-order valence-electron chi connectivity index (χ1n) is 7.50. The van der Waals surface area contributed by atoms with Crippen molar-refractivity contribution in [2.45, 2.75) is 25.9 Å². The maximum Gasteiger partial charge on any atom is 0.287 e. The minimum atomic E-state index is -0.646. The molecule has 25 heavy (non-hydrogen) atoms. The summed E-state index contributed by atoms with van der Waals surface area (Å²) in [5.41, 5.74) is 0.464. The van der Waals surface area contributed by atoms with E-state index in [1.54, 1.807) is 31.2 Å². The number of aromatic nitrogens is 2. The van der Waals surface area contributed by atoms with Crippen LogP contribution >= 0.6 is 23.2 Å². The highest BCUT2D eigenvalue weighted by Gasteiger charge is 2.30. The number of amides is 2. The summed E-state index contributed by atoms with van der Waals surface area (Å²) in [6.07, 6.45) is 1.35. The first-order chi connectivity index (χ1) is 11.9. The molecule has 0 radical (unpaired) electrons. The van der Waals surface area contributed by atoms with E-state index < -0.39 is 5.56 Å². The lowest BCUT2D eigenvalue weighted by Crippen LogP contribution is -2.42. The zero-order valence-corrected chi connectivity index (χ0v) is 14.7. The number of nitrogens with one attached hydrogen (secondary N) is 1. The second-order valence-corrected chi connectivity index (χ2v) is 6.44. The van der Waals surface area contributed by atoms with Gasteiger partial charge in [-0.05, 0) is 19.1 Å². The van der Waals surface area contributed by atoms with E-state index in [2.05, 4.69) is 10.4 Å². The lowest BCUT2D eigenvalue weighted by Gasteiger charge is -2.27. The van der Waals surface area contributed by atoms with E-state index in [9.17, 15) is 14.4 Å². The zero-order chi connectivity index (χ0) is 18.1. The summed E-state index contributed by atoms with van der Waals surface area (Å²) < 4.78 is 0.950. The number of carbonyl (C=O) groups excluding carboxylic acids is 2. The summed E-state index contributed by atoms with van der Waals surface area (Å²) in [6, 6.07) is 6.61. The van der Waals surface area contributed by atoms with Crippen molar-refractivity contribution in [2.24, 2.45) is 0 Å². The summed E-state index contributed by atoms with van der Waals surface area (Å²) in [5.74, 6) is -0.565. The van der Waals surface area contributed by atoms with Crippen LogP contribution in [0.4, 0.5) is 11.4 Å². The van der Waals surface area contributed by atoms with Crippen molar-refractivity contribution in [3.05, 3.63) is 50.9 Å². The smallest absolute Gasteiger partial charge is 0.287 e. The van der Waals surface area contributed by atoms with Crippen molar-refractivity contribution in [1.82, 2.24) is 9.78 Å². The summed E-state index contributed by atoms with van der Waals surface area (Å²) in [5, 5.41) is 6.46. The zero-order valence-electron chi connectivity index (χ0n) is 13.2. The monoisotopic (exact) mass is 380 g/mol. The van der Waals surface area contributed by atoms with E-state index >= 15 is 0 Å². The molecular weight excluding hydrogens is 367 g/mol. The van der Waals surface area contributed by atoms with Crippen LogP contribution < -0.4 is 15.8 Å². The second-order valence-electron chi connectivity index (χ2n) is 5.65. The standard InChI is InChI=1S/C16H14Cl2N4O3/c1-9-6-13(23)20-11-4-2-3-5-12(11)22(9)14(24)8-21-16(25)15(18)10(17)7-19-21/h2-5,7,9H,6,8H2,1H3,(H,20,23). The fraction of sp³-hybridized carbons (Fsp3) is 0.250. The Balaban J connectivity index is 1.97. The average Bonchev–Trinajstić information content (AvgIpc) is 2.69. The summed E-state index contributed by atoms with van der Waals surface area (Å²) in [7, 11) is 0. The summed E-state index contributed by atoms with van der Waals surface area (Å²) in [6.45, 7) is 1.45. The van der Waals surface area contributed by atoms with Crippen LogP contribution in [0.5, 0.6) is 0 Å². The minimum Gasteiger partial charge on any atom is -0.324 e. The Bertz CT molecular complexity index is 912. The minimum absolute atomic E-state index is 0.0265. The fourth-order valence-corrected chi connectivity index (χ4v) is 3.00. The Morgan fingerprint density at radius 3 is 2.80 bits per heavy atom. The molecule has 0 saturated heterocycles. The summed E-state index contributed by atoms with van der Waals surface area (Å²) in [4.78, 5) is 38.4. The van der Waals surface area contributed by atoms with Gasteiger partial charge in [-0.15, -0.1) is 0 Å². The third-order valence-corrected chi connectivity index (χ3v) is 4.60. The van der Waals surface area contributed by atoms with Gasteiger partial charge < -0.3 is 10.2 Å². The van der Waals surface area contributed by atoms with Gasteiger partial charge >= 0.3 is 0 Å². The Morgan fingerprint density at radius 2 is 2.04 bits per heavy atom. The molecule has 9 heteroatoms. The van der Waals surface area contributed by atoms with E-state index in [0.717, 1.165) is 4.68 Å². The molecule has 1 N–H and O–H groups in total. The Hall–Kier alpha value is -2.38. The molecule has 7 nitrogen and oxygen atoms in total. The molecular formula is C16H14Cl2N4O3. The Labute approximate surface area is 153 Å². The van der Waals surface area contributed by atoms with Gasteiger partial charge in [0, 0.05) is 12.5 Å². The van der Waals surface area contributed by atoms with E-state index in [1.807, 2.05) is 0 Å². The number of hydrogen-bond acceptors (Lipinski definition) is 4. The van der Waals surface area contributed by atoms with Gasteiger partial charge in [0.2, 0.25) is 11.8 Å². The normalized spacial score (nSPS) is 16.8. The van der Waals surface area contributed by atoms with Crippen molar-refractivity contribution in [3.8, 4) is 0 Å². The van der Waals surface area contributed by atoms with Crippen LogP contribution in [0.2, 0.25) is 10.0 Å². The number of benzene rings is 1. The van der Waals surface area contributed by atoms with Crippen LogP contribution in [0.1, 0.15) is 13.3 Å². The van der Waals surface area contributed by atoms with Crippen LogP contribution in [0.25, 0.3) is 0 Å². The Kier molecular flexibility index (Phi) is 4.78. The van der Waals surface area contributed by atoms with Crippen molar-refractivity contribution in [2.75, 3.05) is 10.2 Å². The highest BCUT2D eigenvalue weighted by Crippen LogP contribution is 2.31. The van der Waals surface area contributed by atoms with Crippen LogP contribution in [-0.4, -0.2) is 27.6 Å². The number of para-hydroxylation sites is 2. The van der Waals surface area contributed by atoms with E-state index in [0.29, 0.717) is 11.4 Å². The van der Waals surface area contributed by atoms with Crippen molar-refractivity contribution >= 4 is 46.4 Å². The molecule has 1 aliphatic rings. The molecule has 1 aliphatic heterocycles. The van der Waals surface area contributed by atoms with Gasteiger partial charge in [0.05, 0.1) is 22.6 Å². The van der Waals surface area contributed by atoms with Gasteiger partial charge in [0.25, 0.3) is 5.56 Å². The van der Waals surface area contributed by atoms with E-state index in [-0.39, 0.29) is 40.9 Å². The molecule has 2 aromatic rings. The van der Waals surface area contributed by atoms with Gasteiger partial charge in [0.1, 0.15) is 11.6 Å². The molecule has 1 atom stereocenters. The number of fused-ring (bicyclic) bond motifs is 1. The predicted molar refractivity (Wildman–Crippen MR) is 95.2 cm³/mol. The third kappa shape index (κ3) is 3.38. The number of nitrogens with zero attached hydrogens (tertiary/aromatic N) is 3. The quantitative estimate of drug-likeness (QED) is 0.866. The molecule has 1 aromatic carbocycles. The molecule has 2 heterocycles. The van der Waals surface area contributed by atoms with E-state index in [4.69, 9.17) is 23.2 Å². The molecule has 1 unspecified atom stereocenters. The van der Waals surface area contributed by atoms with Crippen LogP contribution in [0, 0.1) is 0 Å². The lowest BCUT2D eigenvalue weighted by atomic mass is 10.1. The maximum atomic E-state index is 12.9. The largest absolute Gasteiger partial charge is 0.324 e. The second kappa shape index (κ2) is 6.85. The van der Waals surface area contributed by atoms with Crippen molar-refractivity contribution < 1.29 is 9.59 Å². The SMILES string of the molecule is CC1CC(=O)Nc2ccccc2N1C(=O)Cn1ncc(Cl)c(Cl)c1=O. The van der Waals surface area contributed by atoms with E-state index in [1.165, 1.54) is 11.1 Å². The molecule has 130 valence electrons. The average molecular weight is 381 g/mol. The van der Waals surface area contributed by atoms with Gasteiger partial charge in [-0.25, -0.2) is 4.68 Å². The topological polar surface area (TPSA) is 84.3 Å².